The van der Waals surface area contributed by atoms with Gasteiger partial charge in [-0.2, -0.15) is 0 Å². The number of pyridine rings is 1. The average molecular weight is 369 g/mol. The lowest BCUT2D eigenvalue weighted by molar-refractivity contribution is -0.124. The van der Waals surface area contributed by atoms with Crippen LogP contribution in [0.2, 0.25) is 0 Å². The van der Waals surface area contributed by atoms with Crippen molar-refractivity contribution >= 4 is 39.1 Å². The zero-order chi connectivity index (χ0) is 15.2. The van der Waals surface area contributed by atoms with Gasteiger partial charge in [0.15, 0.2) is 6.61 Å². The number of nitrogens with one attached hydrogen (secondary N) is 1. The van der Waals surface area contributed by atoms with Crippen molar-refractivity contribution in [2.75, 3.05) is 6.61 Å². The fourth-order valence-corrected chi connectivity index (χ4v) is 2.73. The molecule has 7 heteroatoms. The number of amides is 1. The van der Waals surface area contributed by atoms with E-state index in [2.05, 4.69) is 26.2 Å². The Morgan fingerprint density at radius 2 is 2.29 bits per heavy atom. The van der Waals surface area contributed by atoms with Crippen LogP contribution in [0.5, 0.6) is 0 Å². The van der Waals surface area contributed by atoms with Crippen LogP contribution in [0, 0.1) is 0 Å². The summed E-state index contributed by atoms with van der Waals surface area (Å²) in [5, 5.41) is 4.71. The van der Waals surface area contributed by atoms with Gasteiger partial charge in [-0.1, -0.05) is 6.07 Å². The van der Waals surface area contributed by atoms with E-state index in [0.717, 1.165) is 4.88 Å². The second-order valence-corrected chi connectivity index (χ2v) is 6.17. The maximum Gasteiger partial charge on any atom is 0.340 e. The number of thiophene rings is 1. The number of halogens is 1. The van der Waals surface area contributed by atoms with Gasteiger partial charge in [0.25, 0.3) is 5.91 Å². The van der Waals surface area contributed by atoms with Crippen molar-refractivity contribution in [2.24, 2.45) is 0 Å². The van der Waals surface area contributed by atoms with E-state index >= 15 is 0 Å². The molecule has 5 nitrogen and oxygen atoms in total. The lowest BCUT2D eigenvalue weighted by Crippen LogP contribution is -2.30. The molecule has 0 fully saturated rings. The maximum atomic E-state index is 11.8. The Labute approximate surface area is 134 Å². The highest BCUT2D eigenvalue weighted by Crippen LogP contribution is 2.17. The predicted molar refractivity (Wildman–Crippen MR) is 83.1 cm³/mol. The molecule has 1 N–H and O–H groups in total. The summed E-state index contributed by atoms with van der Waals surface area (Å²) in [7, 11) is 0. The van der Waals surface area contributed by atoms with E-state index in [1.54, 1.807) is 23.6 Å². The summed E-state index contributed by atoms with van der Waals surface area (Å²) < 4.78 is 5.63. The zero-order valence-corrected chi connectivity index (χ0v) is 13.6. The van der Waals surface area contributed by atoms with Crippen LogP contribution < -0.4 is 5.32 Å². The van der Waals surface area contributed by atoms with Crippen LogP contribution in [0.25, 0.3) is 0 Å². The molecule has 0 spiro atoms. The number of hydrogen-bond donors (Lipinski definition) is 1. The first-order valence-corrected chi connectivity index (χ1v) is 7.84. The van der Waals surface area contributed by atoms with Crippen LogP contribution in [0.3, 0.4) is 0 Å². The molecule has 1 atom stereocenters. The summed E-state index contributed by atoms with van der Waals surface area (Å²) in [5.41, 5.74) is 0.295. The molecule has 0 aliphatic carbocycles. The molecule has 0 saturated carbocycles. The third-order valence-electron chi connectivity index (χ3n) is 2.62. The van der Waals surface area contributed by atoms with Crippen LogP contribution in [-0.4, -0.2) is 23.5 Å². The molecule has 21 heavy (non-hydrogen) atoms. The van der Waals surface area contributed by atoms with E-state index in [-0.39, 0.29) is 18.6 Å². The molecule has 1 amide bonds. The molecule has 2 rings (SSSR count). The minimum absolute atomic E-state index is 0.108. The Morgan fingerprint density at radius 3 is 2.95 bits per heavy atom. The van der Waals surface area contributed by atoms with E-state index in [4.69, 9.17) is 4.74 Å². The highest BCUT2D eigenvalue weighted by atomic mass is 79.9. The molecule has 0 aliphatic rings. The zero-order valence-electron chi connectivity index (χ0n) is 11.2. The number of nitrogens with zero attached hydrogens (tertiary/aromatic N) is 1. The van der Waals surface area contributed by atoms with E-state index in [9.17, 15) is 9.59 Å². The largest absolute Gasteiger partial charge is 0.452 e. The van der Waals surface area contributed by atoms with Crippen molar-refractivity contribution in [3.8, 4) is 0 Å². The van der Waals surface area contributed by atoms with Crippen molar-refractivity contribution in [3.05, 3.63) is 50.9 Å². The van der Waals surface area contributed by atoms with Crippen molar-refractivity contribution in [3.63, 3.8) is 0 Å². The second-order valence-electron chi connectivity index (χ2n) is 4.27. The molecule has 0 aromatic carbocycles. The molecule has 2 aromatic heterocycles. The van der Waals surface area contributed by atoms with E-state index in [1.807, 2.05) is 24.4 Å². The van der Waals surface area contributed by atoms with Crippen LogP contribution >= 0.6 is 27.3 Å². The molecule has 0 unspecified atom stereocenters. The molecule has 2 aromatic rings. The summed E-state index contributed by atoms with van der Waals surface area (Å²) in [5.74, 6) is -0.921. The summed E-state index contributed by atoms with van der Waals surface area (Å²) in [6.07, 6.45) is 2.95. The number of hydrogen-bond acceptors (Lipinski definition) is 5. The summed E-state index contributed by atoms with van der Waals surface area (Å²) in [6.45, 7) is 1.56. The minimum atomic E-state index is -0.581. The van der Waals surface area contributed by atoms with E-state index < -0.39 is 5.97 Å². The Kier molecular flexibility index (Phi) is 5.46. The number of esters is 1. The van der Waals surface area contributed by atoms with Crippen molar-refractivity contribution in [1.29, 1.82) is 0 Å². The summed E-state index contributed by atoms with van der Waals surface area (Å²) in [4.78, 5) is 28.4. The average Bonchev–Trinajstić information content (AvgIpc) is 2.99. The number of carbonyl (C=O) groups excluding carboxylic acids is 2. The lowest BCUT2D eigenvalue weighted by atomic mass is 10.3. The standard InChI is InChI=1S/C14H13BrN2O3S/c1-9(12-3-2-4-21-12)17-13(18)8-20-14(19)10-5-11(15)7-16-6-10/h2-7,9H,8H2,1H3,(H,17,18)/t9-/m0/s1. The van der Waals surface area contributed by atoms with Gasteiger partial charge in [0.2, 0.25) is 0 Å². The molecule has 2 heterocycles. The fraction of sp³-hybridized carbons (Fsp3) is 0.214. The van der Waals surface area contributed by atoms with Crippen LogP contribution in [0.1, 0.15) is 28.2 Å². The van der Waals surface area contributed by atoms with Crippen molar-refractivity contribution < 1.29 is 14.3 Å². The normalized spacial score (nSPS) is 11.7. The Balaban J connectivity index is 1.82. The molecule has 0 aliphatic heterocycles. The highest BCUT2D eigenvalue weighted by Gasteiger charge is 2.14. The summed E-state index contributed by atoms with van der Waals surface area (Å²) in [6, 6.07) is 5.34. The number of carbonyl (C=O) groups is 2. The van der Waals surface area contributed by atoms with Crippen molar-refractivity contribution in [1.82, 2.24) is 10.3 Å². The van der Waals surface area contributed by atoms with E-state index in [1.165, 1.54) is 6.20 Å². The third kappa shape index (κ3) is 4.64. The predicted octanol–water partition coefficient (Wildman–Crippen LogP) is 2.94. The van der Waals surface area contributed by atoms with Gasteiger partial charge >= 0.3 is 5.97 Å². The van der Waals surface area contributed by atoms with Crippen LogP contribution in [0.4, 0.5) is 0 Å². The monoisotopic (exact) mass is 368 g/mol. The molecule has 0 saturated heterocycles. The van der Waals surface area contributed by atoms with Crippen molar-refractivity contribution in [2.45, 2.75) is 13.0 Å². The molecule has 0 bridgehead atoms. The van der Waals surface area contributed by atoms with Gasteiger partial charge in [-0.25, -0.2) is 4.79 Å². The topological polar surface area (TPSA) is 68.3 Å². The van der Waals surface area contributed by atoms with Gasteiger partial charge in [0.05, 0.1) is 11.6 Å². The molecular formula is C14H13BrN2O3S. The van der Waals surface area contributed by atoms with Gasteiger partial charge in [-0.15, -0.1) is 11.3 Å². The third-order valence-corrected chi connectivity index (χ3v) is 4.11. The quantitative estimate of drug-likeness (QED) is 0.823. The highest BCUT2D eigenvalue weighted by molar-refractivity contribution is 9.10. The van der Waals surface area contributed by atoms with Crippen LogP contribution in [-0.2, 0) is 9.53 Å². The van der Waals surface area contributed by atoms with Gasteiger partial charge in [-0.05, 0) is 40.4 Å². The Hall–Kier alpha value is -1.73. The van der Waals surface area contributed by atoms with E-state index in [0.29, 0.717) is 10.0 Å². The minimum Gasteiger partial charge on any atom is -0.452 e. The Morgan fingerprint density at radius 1 is 1.48 bits per heavy atom. The Bertz CT molecular complexity index is 631. The SMILES string of the molecule is C[C@H](NC(=O)COC(=O)c1cncc(Br)c1)c1cccs1. The molecular weight excluding hydrogens is 356 g/mol. The van der Waals surface area contributed by atoms with Gasteiger partial charge in [0.1, 0.15) is 0 Å². The first kappa shape index (κ1) is 15.7. The lowest BCUT2D eigenvalue weighted by Gasteiger charge is -2.12. The molecule has 0 radical (unpaired) electrons. The van der Waals surface area contributed by atoms with Crippen LogP contribution in [0.15, 0.2) is 40.4 Å². The first-order chi connectivity index (χ1) is 10.1. The number of ether oxygens (including phenoxy) is 1. The summed E-state index contributed by atoms with van der Waals surface area (Å²) >= 11 is 4.78. The van der Waals surface area contributed by atoms with Gasteiger partial charge in [-0.3, -0.25) is 9.78 Å². The fourth-order valence-electron chi connectivity index (χ4n) is 1.63. The number of aromatic nitrogens is 1. The maximum absolute atomic E-state index is 11.8. The number of rotatable bonds is 5. The van der Waals surface area contributed by atoms with Gasteiger partial charge < -0.3 is 10.1 Å². The second kappa shape index (κ2) is 7.33. The van der Waals surface area contributed by atoms with Gasteiger partial charge in [0, 0.05) is 21.7 Å². The smallest absolute Gasteiger partial charge is 0.340 e. The first-order valence-electron chi connectivity index (χ1n) is 6.16. The molecule has 110 valence electrons.